The van der Waals surface area contributed by atoms with Crippen molar-refractivity contribution >= 4 is 34.8 Å². The molecule has 2 amide bonds. The highest BCUT2D eigenvalue weighted by molar-refractivity contribution is 6.33. The van der Waals surface area contributed by atoms with Crippen molar-refractivity contribution in [2.24, 2.45) is 5.92 Å². The molecule has 0 radical (unpaired) electrons. The highest BCUT2D eigenvalue weighted by atomic mass is 35.5. The molecular formula is C19H19ClN2O2. The van der Waals surface area contributed by atoms with Gasteiger partial charge in [-0.3, -0.25) is 9.59 Å². The Kier molecular flexibility index (Phi) is 4.58. The van der Waals surface area contributed by atoms with E-state index < -0.39 is 0 Å². The van der Waals surface area contributed by atoms with E-state index in [1.165, 1.54) is 0 Å². The molecule has 0 aliphatic carbocycles. The zero-order chi connectivity index (χ0) is 17.3. The number of anilines is 2. The number of carbonyl (C=O) groups excluding carboxylic acids is 2. The van der Waals surface area contributed by atoms with Gasteiger partial charge in [-0.2, -0.15) is 0 Å². The number of aryl methyl sites for hydroxylation is 2. The van der Waals surface area contributed by atoms with Gasteiger partial charge >= 0.3 is 0 Å². The van der Waals surface area contributed by atoms with Crippen LogP contribution < -0.4 is 10.2 Å². The Labute approximate surface area is 146 Å². The quantitative estimate of drug-likeness (QED) is 0.918. The largest absolute Gasteiger partial charge is 0.326 e. The first-order chi connectivity index (χ1) is 11.5. The molecule has 124 valence electrons. The minimum atomic E-state index is -0.381. The van der Waals surface area contributed by atoms with Crippen molar-refractivity contribution in [2.45, 2.75) is 20.3 Å². The molecular weight excluding hydrogens is 324 g/mol. The van der Waals surface area contributed by atoms with Gasteiger partial charge in [0.25, 0.3) is 0 Å². The maximum atomic E-state index is 12.6. The number of hydrogen-bond donors (Lipinski definition) is 1. The SMILES string of the molecule is Cc1ccc(C)c(NC(=O)[C@@H]2CC(=O)N(c3ccccc3Cl)C2)c1. The summed E-state index contributed by atoms with van der Waals surface area (Å²) in [4.78, 5) is 26.5. The number of nitrogens with one attached hydrogen (secondary N) is 1. The molecule has 1 aliphatic rings. The first-order valence-electron chi connectivity index (χ1n) is 7.88. The number of carbonyl (C=O) groups is 2. The van der Waals surface area contributed by atoms with Crippen LogP contribution in [0.1, 0.15) is 17.5 Å². The Morgan fingerprint density at radius 3 is 2.71 bits per heavy atom. The summed E-state index contributed by atoms with van der Waals surface area (Å²) in [5, 5.41) is 3.46. The highest BCUT2D eigenvalue weighted by Gasteiger charge is 2.35. The lowest BCUT2D eigenvalue weighted by atomic mass is 10.1. The van der Waals surface area contributed by atoms with Crippen LogP contribution in [0.2, 0.25) is 5.02 Å². The molecule has 3 rings (SSSR count). The molecule has 1 fully saturated rings. The normalized spacial score (nSPS) is 17.2. The number of amides is 2. The first kappa shape index (κ1) is 16.5. The minimum Gasteiger partial charge on any atom is -0.326 e. The van der Waals surface area contributed by atoms with Gasteiger partial charge in [-0.15, -0.1) is 0 Å². The predicted octanol–water partition coefficient (Wildman–Crippen LogP) is 3.95. The number of rotatable bonds is 3. The van der Waals surface area contributed by atoms with Crippen LogP contribution in [0.3, 0.4) is 0 Å². The van der Waals surface area contributed by atoms with Crippen LogP contribution in [0.4, 0.5) is 11.4 Å². The number of para-hydroxylation sites is 1. The Balaban J connectivity index is 1.75. The van der Waals surface area contributed by atoms with Crippen molar-refractivity contribution in [3.63, 3.8) is 0 Å². The fourth-order valence-electron chi connectivity index (χ4n) is 2.89. The molecule has 5 heteroatoms. The lowest BCUT2D eigenvalue weighted by Gasteiger charge is -2.18. The van der Waals surface area contributed by atoms with E-state index in [9.17, 15) is 9.59 Å². The molecule has 0 bridgehead atoms. The molecule has 1 aliphatic heterocycles. The number of halogens is 1. The summed E-state index contributed by atoms with van der Waals surface area (Å²) < 4.78 is 0. The monoisotopic (exact) mass is 342 g/mol. The van der Waals surface area contributed by atoms with Crippen LogP contribution in [0.5, 0.6) is 0 Å². The van der Waals surface area contributed by atoms with Gasteiger partial charge in [0, 0.05) is 18.7 Å². The lowest BCUT2D eigenvalue weighted by molar-refractivity contribution is -0.122. The zero-order valence-electron chi connectivity index (χ0n) is 13.7. The topological polar surface area (TPSA) is 49.4 Å². The third-order valence-electron chi connectivity index (χ3n) is 4.29. The molecule has 1 atom stereocenters. The van der Waals surface area contributed by atoms with Crippen molar-refractivity contribution in [1.82, 2.24) is 0 Å². The summed E-state index contributed by atoms with van der Waals surface area (Å²) in [7, 11) is 0. The Morgan fingerprint density at radius 1 is 1.21 bits per heavy atom. The maximum Gasteiger partial charge on any atom is 0.229 e. The van der Waals surface area contributed by atoms with E-state index in [-0.39, 0.29) is 24.2 Å². The predicted molar refractivity (Wildman–Crippen MR) is 96.5 cm³/mol. The molecule has 0 spiro atoms. The highest BCUT2D eigenvalue weighted by Crippen LogP contribution is 2.31. The molecule has 1 saturated heterocycles. The Morgan fingerprint density at radius 2 is 1.96 bits per heavy atom. The molecule has 4 nitrogen and oxygen atoms in total. The van der Waals surface area contributed by atoms with E-state index in [1.807, 2.05) is 44.2 Å². The maximum absolute atomic E-state index is 12.6. The van der Waals surface area contributed by atoms with Crippen molar-refractivity contribution < 1.29 is 9.59 Å². The van der Waals surface area contributed by atoms with Gasteiger partial charge in [0.05, 0.1) is 16.6 Å². The molecule has 1 N–H and O–H groups in total. The number of hydrogen-bond acceptors (Lipinski definition) is 2. The van der Waals surface area contributed by atoms with Crippen molar-refractivity contribution in [3.05, 3.63) is 58.6 Å². The third kappa shape index (κ3) is 3.29. The lowest BCUT2D eigenvalue weighted by Crippen LogP contribution is -2.28. The van der Waals surface area contributed by atoms with Gasteiger partial charge < -0.3 is 10.2 Å². The van der Waals surface area contributed by atoms with Gasteiger partial charge in [-0.25, -0.2) is 0 Å². The van der Waals surface area contributed by atoms with Crippen LogP contribution in [0, 0.1) is 19.8 Å². The van der Waals surface area contributed by atoms with Gasteiger partial charge in [0.1, 0.15) is 0 Å². The molecule has 0 unspecified atom stereocenters. The molecule has 0 saturated carbocycles. The van der Waals surface area contributed by atoms with Crippen molar-refractivity contribution in [2.75, 3.05) is 16.8 Å². The van der Waals surface area contributed by atoms with E-state index in [0.717, 1.165) is 16.8 Å². The van der Waals surface area contributed by atoms with Gasteiger partial charge in [0.2, 0.25) is 11.8 Å². The third-order valence-corrected chi connectivity index (χ3v) is 4.61. The zero-order valence-corrected chi connectivity index (χ0v) is 14.4. The molecule has 1 heterocycles. The smallest absolute Gasteiger partial charge is 0.229 e. The minimum absolute atomic E-state index is 0.0794. The molecule has 24 heavy (non-hydrogen) atoms. The van der Waals surface area contributed by atoms with Crippen LogP contribution in [-0.4, -0.2) is 18.4 Å². The van der Waals surface area contributed by atoms with Gasteiger partial charge in [0.15, 0.2) is 0 Å². The molecule has 2 aromatic carbocycles. The first-order valence-corrected chi connectivity index (χ1v) is 8.26. The fraction of sp³-hybridized carbons (Fsp3) is 0.263. The van der Waals surface area contributed by atoms with E-state index >= 15 is 0 Å². The Hall–Kier alpha value is -2.33. The average Bonchev–Trinajstić information content (AvgIpc) is 2.93. The van der Waals surface area contributed by atoms with Gasteiger partial charge in [-0.05, 0) is 43.2 Å². The number of benzene rings is 2. The van der Waals surface area contributed by atoms with Crippen molar-refractivity contribution in [3.8, 4) is 0 Å². The second-order valence-electron chi connectivity index (χ2n) is 6.16. The fourth-order valence-corrected chi connectivity index (χ4v) is 3.13. The van der Waals surface area contributed by atoms with Crippen molar-refractivity contribution in [1.29, 1.82) is 0 Å². The van der Waals surface area contributed by atoms with E-state index in [2.05, 4.69) is 5.32 Å². The second kappa shape index (κ2) is 6.65. The van der Waals surface area contributed by atoms with Crippen LogP contribution in [0.25, 0.3) is 0 Å². The average molecular weight is 343 g/mol. The summed E-state index contributed by atoms with van der Waals surface area (Å²) in [5.74, 6) is -0.593. The summed E-state index contributed by atoms with van der Waals surface area (Å²) >= 11 is 6.17. The summed E-state index contributed by atoms with van der Waals surface area (Å²) in [5.41, 5.74) is 3.53. The molecule has 0 aromatic heterocycles. The summed E-state index contributed by atoms with van der Waals surface area (Å²) in [6.45, 7) is 4.28. The van der Waals surface area contributed by atoms with E-state index in [4.69, 9.17) is 11.6 Å². The second-order valence-corrected chi connectivity index (χ2v) is 6.57. The number of nitrogens with zero attached hydrogens (tertiary/aromatic N) is 1. The van der Waals surface area contributed by atoms with Crippen LogP contribution in [0.15, 0.2) is 42.5 Å². The Bertz CT molecular complexity index is 804. The summed E-state index contributed by atoms with van der Waals surface area (Å²) in [6.07, 6.45) is 0.196. The van der Waals surface area contributed by atoms with E-state index in [1.54, 1.807) is 17.0 Å². The molecule has 2 aromatic rings. The standard InChI is InChI=1S/C19H19ClN2O2/c1-12-7-8-13(2)16(9-12)21-19(24)14-10-18(23)22(11-14)17-6-4-3-5-15(17)20/h3-9,14H,10-11H2,1-2H3,(H,21,24)/t14-/m1/s1. The van der Waals surface area contributed by atoms with Crippen LogP contribution >= 0.6 is 11.6 Å². The van der Waals surface area contributed by atoms with E-state index in [0.29, 0.717) is 17.3 Å². The van der Waals surface area contributed by atoms with Gasteiger partial charge in [-0.1, -0.05) is 35.9 Å². The van der Waals surface area contributed by atoms with Crippen LogP contribution in [-0.2, 0) is 9.59 Å². The summed E-state index contributed by atoms with van der Waals surface area (Å²) in [6, 6.07) is 13.1.